The van der Waals surface area contributed by atoms with Crippen LogP contribution in [0.5, 0.6) is 0 Å². The Balaban J connectivity index is 0.000000252. The fourth-order valence-electron chi connectivity index (χ4n) is 6.65. The number of aromatic nitrogens is 3. The number of ketones is 1. The molecule has 0 aliphatic heterocycles. The van der Waals surface area contributed by atoms with E-state index in [4.69, 9.17) is 0 Å². The van der Waals surface area contributed by atoms with Gasteiger partial charge in [-0.15, -0.1) is 23.8 Å². The molecule has 0 fully saturated rings. The Kier molecular flexibility index (Phi) is 10.7. The van der Waals surface area contributed by atoms with Crippen LogP contribution in [0.3, 0.4) is 0 Å². The molecule has 10 heteroatoms. The first-order valence-corrected chi connectivity index (χ1v) is 16.2. The molecule has 0 saturated carbocycles. The second-order valence-electron chi connectivity index (χ2n) is 11.9. The van der Waals surface area contributed by atoms with Gasteiger partial charge < -0.3 is 9.51 Å². The summed E-state index contributed by atoms with van der Waals surface area (Å²) >= 11 is 0. The number of aliphatic hydroxyl groups excluding tert-OH is 1. The number of aliphatic hydroxyl groups is 1. The van der Waals surface area contributed by atoms with E-state index in [-0.39, 0.29) is 49.2 Å². The minimum Gasteiger partial charge on any atom is -0.512 e. The summed E-state index contributed by atoms with van der Waals surface area (Å²) in [5.41, 5.74) is 2.46. The van der Waals surface area contributed by atoms with Crippen molar-refractivity contribution >= 4 is 54.8 Å². The maximum absolute atomic E-state index is 14.7. The van der Waals surface area contributed by atoms with Crippen molar-refractivity contribution < 1.29 is 47.6 Å². The fourth-order valence-corrected chi connectivity index (χ4v) is 6.65. The van der Waals surface area contributed by atoms with Crippen LogP contribution in [-0.2, 0) is 24.9 Å². The number of rotatable bonds is 8. The predicted molar refractivity (Wildman–Crippen MR) is 182 cm³/mol. The smallest absolute Gasteiger partial charge is 0.199 e. The van der Waals surface area contributed by atoms with E-state index in [2.05, 4.69) is 26.5 Å². The molecule has 0 bridgehead atoms. The maximum Gasteiger partial charge on any atom is 0.199 e. The molecule has 0 unspecified atom stereocenters. The number of benzene rings is 4. The predicted octanol–water partition coefficient (Wildman–Crippen LogP) is 10.7. The zero-order chi connectivity index (χ0) is 34.3. The first-order chi connectivity index (χ1) is 23.2. The normalized spacial score (nSPS) is 12.1. The molecule has 1 radical (unpaired) electrons. The molecule has 255 valence electrons. The zero-order valence-electron chi connectivity index (χ0n) is 27.4. The third-order valence-corrected chi connectivity index (χ3v) is 9.34. The van der Waals surface area contributed by atoms with Crippen LogP contribution in [0.2, 0.25) is 0 Å². The number of hydrogen-bond acceptors (Lipinski definition) is 4. The van der Waals surface area contributed by atoms with Crippen LogP contribution >= 0.6 is 0 Å². The largest absolute Gasteiger partial charge is 0.512 e. The molecule has 0 amide bonds. The topological polar surface area (TPSA) is 67.5 Å². The molecule has 3 heterocycles. The second-order valence-corrected chi connectivity index (χ2v) is 11.9. The van der Waals surface area contributed by atoms with Gasteiger partial charge >= 0.3 is 0 Å². The van der Waals surface area contributed by atoms with Crippen molar-refractivity contribution in [2.24, 2.45) is 11.8 Å². The molecule has 49 heavy (non-hydrogen) atoms. The molecule has 1 N–H and O–H groups in total. The van der Waals surface area contributed by atoms with E-state index in [9.17, 15) is 27.5 Å². The monoisotopic (exact) mass is 845 g/mol. The quantitative estimate of drug-likeness (QED) is 0.0413. The minimum absolute atomic E-state index is 0. The fraction of sp³-hybridized carbons (Fsp3) is 0.256. The number of carbonyl (C=O) groups is 1. The van der Waals surface area contributed by atoms with Crippen LogP contribution in [0.15, 0.2) is 72.8 Å². The first-order valence-electron chi connectivity index (χ1n) is 16.2. The molecular weight excluding hydrogens is 811 g/mol. The third kappa shape index (κ3) is 6.06. The minimum atomic E-state index is -1.90. The third-order valence-electron chi connectivity index (χ3n) is 9.34. The molecular formula is C39H34F4IrN3O2-. The summed E-state index contributed by atoms with van der Waals surface area (Å²) in [5.74, 6) is -6.35. The molecule has 4 aromatic carbocycles. The van der Waals surface area contributed by atoms with Crippen molar-refractivity contribution in [2.75, 3.05) is 0 Å². The first kappa shape index (κ1) is 35.9. The van der Waals surface area contributed by atoms with Gasteiger partial charge in [0, 0.05) is 59.9 Å². The van der Waals surface area contributed by atoms with Gasteiger partial charge in [-0.1, -0.05) is 69.5 Å². The summed E-state index contributed by atoms with van der Waals surface area (Å²) in [4.78, 5) is 19.4. The van der Waals surface area contributed by atoms with E-state index in [1.807, 2.05) is 64.1 Å². The van der Waals surface area contributed by atoms with Gasteiger partial charge in [0.15, 0.2) is 29.1 Å². The number of hydrogen-bond donors (Lipinski definition) is 1. The van der Waals surface area contributed by atoms with Crippen molar-refractivity contribution in [1.82, 2.24) is 14.4 Å². The summed E-state index contributed by atoms with van der Waals surface area (Å²) in [6.07, 6.45) is 5.90. The van der Waals surface area contributed by atoms with E-state index in [1.165, 1.54) is 6.08 Å². The molecule has 0 aliphatic carbocycles. The second kappa shape index (κ2) is 14.6. The van der Waals surface area contributed by atoms with Crippen LogP contribution < -0.4 is 0 Å². The van der Waals surface area contributed by atoms with Crippen LogP contribution in [-0.4, -0.2) is 25.3 Å². The van der Waals surface area contributed by atoms with Gasteiger partial charge in [-0.25, -0.2) is 22.5 Å². The number of allylic oxidation sites excluding steroid dienone is 2. The van der Waals surface area contributed by atoms with Crippen molar-refractivity contribution in [2.45, 2.75) is 53.4 Å². The molecule has 0 spiro atoms. The molecule has 7 rings (SSSR count). The van der Waals surface area contributed by atoms with Gasteiger partial charge in [0.2, 0.25) is 0 Å². The van der Waals surface area contributed by atoms with E-state index in [0.29, 0.717) is 5.56 Å². The summed E-state index contributed by atoms with van der Waals surface area (Å²) in [6, 6.07) is 20.6. The number of carbonyl (C=O) groups excluding carboxylic acids is 1. The Bertz CT molecular complexity index is 2350. The maximum atomic E-state index is 14.7. The van der Waals surface area contributed by atoms with Gasteiger partial charge in [0.25, 0.3) is 0 Å². The van der Waals surface area contributed by atoms with Gasteiger partial charge in [0.05, 0.1) is 16.8 Å². The van der Waals surface area contributed by atoms with Crippen LogP contribution in [0.4, 0.5) is 17.6 Å². The van der Waals surface area contributed by atoms with Crippen LogP contribution in [0.1, 0.15) is 53.4 Å². The van der Waals surface area contributed by atoms with Gasteiger partial charge in [-0.05, 0) is 42.7 Å². The van der Waals surface area contributed by atoms with E-state index in [1.54, 1.807) is 12.1 Å². The Morgan fingerprint density at radius 3 is 2.08 bits per heavy atom. The Morgan fingerprint density at radius 2 is 1.41 bits per heavy atom. The molecule has 5 nitrogen and oxygen atoms in total. The average Bonchev–Trinajstić information content (AvgIpc) is 3.63. The molecule has 0 atom stereocenters. The average molecular weight is 845 g/mol. The molecule has 0 aliphatic rings. The standard InChI is InChI=1S/C26H10F4N3.C13H24O2.Ir/c27-20-19-24(31-11-32-25(19)23(30)22(29)21(20)28)12-8-9-14-16-6-3-5-15-13-4-1-2-7-17(13)33(26(15)16)18(14)10-12;1-5-10(6-2)12(14)9-13(15)11(7-3)8-4;/h1-7,9-11H;9-11,14H,5-8H2,1-4H3;/q-1;;/b;12-9-;. The van der Waals surface area contributed by atoms with E-state index >= 15 is 0 Å². The number of para-hydroxylation sites is 2. The van der Waals surface area contributed by atoms with Crippen molar-refractivity contribution in [1.29, 1.82) is 0 Å². The Morgan fingerprint density at radius 1 is 0.796 bits per heavy atom. The van der Waals surface area contributed by atoms with Gasteiger partial charge in [0.1, 0.15) is 11.8 Å². The van der Waals surface area contributed by atoms with Crippen LogP contribution in [0, 0.1) is 41.2 Å². The summed E-state index contributed by atoms with van der Waals surface area (Å²) in [5, 5.41) is 13.4. The Hall–Kier alpha value is -4.40. The molecule has 0 saturated heterocycles. The number of nitrogens with zero attached hydrogens (tertiary/aromatic N) is 3. The number of fused-ring (bicyclic) bond motifs is 7. The Labute approximate surface area is 294 Å². The van der Waals surface area contributed by atoms with Crippen molar-refractivity contribution in [3.05, 3.63) is 102 Å². The van der Waals surface area contributed by atoms with Crippen LogP contribution in [0.25, 0.3) is 60.3 Å². The van der Waals surface area contributed by atoms with Crippen molar-refractivity contribution in [3.8, 4) is 11.3 Å². The summed E-state index contributed by atoms with van der Waals surface area (Å²) in [7, 11) is 0. The molecule has 7 aromatic rings. The van der Waals surface area contributed by atoms with Gasteiger partial charge in [-0.3, -0.25) is 9.78 Å². The summed E-state index contributed by atoms with van der Waals surface area (Å²) < 4.78 is 59.0. The SMILES string of the molecule is CCC(CC)C(=O)/C=C(\O)C(CC)CC.Fc1c(F)c(F)c2c(-c3[c-]cc4c5cccc6c7ccccc7n(c4c3)c65)ncnc2c1F.[Ir]. The summed E-state index contributed by atoms with van der Waals surface area (Å²) in [6.45, 7) is 8.07. The zero-order valence-corrected chi connectivity index (χ0v) is 29.8. The van der Waals surface area contributed by atoms with Gasteiger partial charge in [-0.2, -0.15) is 0 Å². The number of halogens is 4. The van der Waals surface area contributed by atoms with E-state index in [0.717, 1.165) is 70.1 Å². The van der Waals surface area contributed by atoms with Crippen molar-refractivity contribution in [3.63, 3.8) is 0 Å². The molecule has 3 aromatic heterocycles. The van der Waals surface area contributed by atoms with E-state index < -0.39 is 34.2 Å².